The molecule has 4 rings (SSSR count). The zero-order chi connectivity index (χ0) is 14.4. The standard InChI is InChI=1S/C17H22N2O2/c1-21-14-4-2-3-13(9-14)17-18-10-15(20)19(17)16(11-5-6-11)12-7-8-12/h2-4,9,11-12,16-18H,5-8,10H2,1H3. The number of nitrogens with zero attached hydrogens (tertiary/aromatic N) is 1. The first-order valence-electron chi connectivity index (χ1n) is 7.96. The van der Waals surface area contributed by atoms with E-state index in [0.29, 0.717) is 12.6 Å². The van der Waals surface area contributed by atoms with E-state index >= 15 is 0 Å². The van der Waals surface area contributed by atoms with Crippen LogP contribution in [-0.2, 0) is 4.79 Å². The Balaban J connectivity index is 1.64. The van der Waals surface area contributed by atoms with Crippen molar-refractivity contribution in [2.45, 2.75) is 37.9 Å². The highest BCUT2D eigenvalue weighted by atomic mass is 16.5. The van der Waals surface area contributed by atoms with Gasteiger partial charge in [-0.1, -0.05) is 12.1 Å². The monoisotopic (exact) mass is 286 g/mol. The molecule has 112 valence electrons. The Morgan fingerprint density at radius 3 is 2.57 bits per heavy atom. The number of methoxy groups -OCH3 is 1. The predicted molar refractivity (Wildman–Crippen MR) is 79.8 cm³/mol. The minimum Gasteiger partial charge on any atom is -0.497 e. The van der Waals surface area contributed by atoms with Crippen LogP contribution in [0.25, 0.3) is 0 Å². The predicted octanol–water partition coefficient (Wildman–Crippen LogP) is 2.31. The first-order valence-corrected chi connectivity index (χ1v) is 7.96. The number of hydrogen-bond donors (Lipinski definition) is 1. The number of rotatable bonds is 5. The van der Waals surface area contributed by atoms with E-state index in [1.165, 1.54) is 25.7 Å². The molecule has 1 amide bonds. The summed E-state index contributed by atoms with van der Waals surface area (Å²) < 4.78 is 5.33. The van der Waals surface area contributed by atoms with Gasteiger partial charge in [-0.25, -0.2) is 0 Å². The molecule has 1 aliphatic heterocycles. The zero-order valence-corrected chi connectivity index (χ0v) is 12.4. The van der Waals surface area contributed by atoms with Crippen molar-refractivity contribution >= 4 is 5.91 Å². The van der Waals surface area contributed by atoms with Gasteiger partial charge in [-0.05, 0) is 55.2 Å². The Morgan fingerprint density at radius 1 is 1.24 bits per heavy atom. The van der Waals surface area contributed by atoms with Crippen LogP contribution in [0.2, 0.25) is 0 Å². The highest BCUT2D eigenvalue weighted by molar-refractivity contribution is 5.81. The van der Waals surface area contributed by atoms with Crippen molar-refractivity contribution in [3.8, 4) is 5.75 Å². The Morgan fingerprint density at radius 2 is 1.95 bits per heavy atom. The van der Waals surface area contributed by atoms with Gasteiger partial charge in [0.25, 0.3) is 0 Å². The Hall–Kier alpha value is -1.55. The molecule has 4 nitrogen and oxygen atoms in total. The summed E-state index contributed by atoms with van der Waals surface area (Å²) in [6.07, 6.45) is 5.16. The molecule has 4 heteroatoms. The summed E-state index contributed by atoms with van der Waals surface area (Å²) >= 11 is 0. The van der Waals surface area contributed by atoms with E-state index < -0.39 is 0 Å². The van der Waals surface area contributed by atoms with Gasteiger partial charge in [-0.3, -0.25) is 10.1 Å². The maximum atomic E-state index is 12.5. The Bertz CT molecular complexity index is 539. The quantitative estimate of drug-likeness (QED) is 0.903. The molecule has 2 saturated carbocycles. The average Bonchev–Trinajstić information content (AvgIpc) is 3.41. The van der Waals surface area contributed by atoms with E-state index in [-0.39, 0.29) is 12.1 Å². The van der Waals surface area contributed by atoms with E-state index in [1.807, 2.05) is 18.2 Å². The molecule has 1 saturated heterocycles. The highest BCUT2D eigenvalue weighted by Gasteiger charge is 2.49. The van der Waals surface area contributed by atoms with Crippen molar-refractivity contribution in [3.05, 3.63) is 29.8 Å². The normalized spacial score (nSPS) is 25.7. The van der Waals surface area contributed by atoms with Gasteiger partial charge in [-0.2, -0.15) is 0 Å². The number of amides is 1. The third kappa shape index (κ3) is 2.42. The Labute approximate surface area is 125 Å². The summed E-state index contributed by atoms with van der Waals surface area (Å²) in [7, 11) is 1.68. The number of hydrogen-bond acceptors (Lipinski definition) is 3. The van der Waals surface area contributed by atoms with Gasteiger partial charge >= 0.3 is 0 Å². The first kappa shape index (κ1) is 13.1. The second kappa shape index (κ2) is 5.02. The van der Waals surface area contributed by atoms with Gasteiger partial charge in [0.15, 0.2) is 0 Å². The molecule has 0 radical (unpaired) electrons. The number of benzene rings is 1. The minimum atomic E-state index is 0.0128. The summed E-state index contributed by atoms with van der Waals surface area (Å²) in [4.78, 5) is 14.6. The number of nitrogens with one attached hydrogen (secondary N) is 1. The summed E-state index contributed by atoms with van der Waals surface area (Å²) in [6.45, 7) is 0.456. The van der Waals surface area contributed by atoms with Gasteiger partial charge in [0, 0.05) is 6.04 Å². The van der Waals surface area contributed by atoms with E-state index in [4.69, 9.17) is 4.74 Å². The maximum absolute atomic E-state index is 12.5. The van der Waals surface area contributed by atoms with Crippen molar-refractivity contribution in [2.75, 3.05) is 13.7 Å². The molecular formula is C17H22N2O2. The summed E-state index contributed by atoms with van der Waals surface area (Å²) in [5, 5.41) is 3.39. The minimum absolute atomic E-state index is 0.0128. The molecule has 0 aromatic heterocycles. The molecule has 1 atom stereocenters. The molecule has 1 heterocycles. The fraction of sp³-hybridized carbons (Fsp3) is 0.588. The molecule has 0 spiro atoms. The van der Waals surface area contributed by atoms with Crippen molar-refractivity contribution < 1.29 is 9.53 Å². The summed E-state index contributed by atoms with van der Waals surface area (Å²) in [5.74, 6) is 2.57. The largest absolute Gasteiger partial charge is 0.497 e. The number of carbonyl (C=O) groups excluding carboxylic acids is 1. The fourth-order valence-electron chi connectivity index (χ4n) is 3.66. The third-order valence-electron chi connectivity index (χ3n) is 4.95. The third-order valence-corrected chi connectivity index (χ3v) is 4.95. The van der Waals surface area contributed by atoms with Gasteiger partial charge < -0.3 is 9.64 Å². The molecule has 1 N–H and O–H groups in total. The lowest BCUT2D eigenvalue weighted by Crippen LogP contribution is -2.42. The van der Waals surface area contributed by atoms with Gasteiger partial charge in [0.1, 0.15) is 11.9 Å². The molecule has 3 aliphatic rings. The smallest absolute Gasteiger partial charge is 0.238 e. The lowest BCUT2D eigenvalue weighted by molar-refractivity contribution is -0.131. The van der Waals surface area contributed by atoms with Crippen LogP contribution in [0.15, 0.2) is 24.3 Å². The molecule has 1 aromatic rings. The fourth-order valence-corrected chi connectivity index (χ4v) is 3.66. The molecule has 1 unspecified atom stereocenters. The van der Waals surface area contributed by atoms with Crippen LogP contribution in [0.1, 0.15) is 37.4 Å². The average molecular weight is 286 g/mol. The molecule has 21 heavy (non-hydrogen) atoms. The van der Waals surface area contributed by atoms with Crippen LogP contribution in [-0.4, -0.2) is 30.5 Å². The second-order valence-electron chi connectivity index (χ2n) is 6.53. The molecule has 3 fully saturated rings. The van der Waals surface area contributed by atoms with E-state index in [2.05, 4.69) is 16.3 Å². The van der Waals surface area contributed by atoms with Crippen molar-refractivity contribution in [1.29, 1.82) is 0 Å². The van der Waals surface area contributed by atoms with Crippen LogP contribution < -0.4 is 10.1 Å². The van der Waals surface area contributed by atoms with Crippen LogP contribution in [0.4, 0.5) is 0 Å². The van der Waals surface area contributed by atoms with E-state index in [9.17, 15) is 4.79 Å². The van der Waals surface area contributed by atoms with Gasteiger partial charge in [0.2, 0.25) is 5.91 Å². The number of ether oxygens (including phenoxy) is 1. The molecule has 0 bridgehead atoms. The number of carbonyl (C=O) groups is 1. The summed E-state index contributed by atoms with van der Waals surface area (Å²) in [6, 6.07) is 8.52. The van der Waals surface area contributed by atoms with Crippen LogP contribution >= 0.6 is 0 Å². The van der Waals surface area contributed by atoms with Gasteiger partial charge in [0.05, 0.1) is 13.7 Å². The lowest BCUT2D eigenvalue weighted by Gasteiger charge is -2.33. The van der Waals surface area contributed by atoms with Crippen molar-refractivity contribution in [3.63, 3.8) is 0 Å². The highest BCUT2D eigenvalue weighted by Crippen LogP contribution is 2.49. The zero-order valence-electron chi connectivity index (χ0n) is 12.4. The maximum Gasteiger partial charge on any atom is 0.238 e. The van der Waals surface area contributed by atoms with Crippen LogP contribution in [0.3, 0.4) is 0 Å². The first-order chi connectivity index (χ1) is 10.3. The van der Waals surface area contributed by atoms with Gasteiger partial charge in [-0.15, -0.1) is 0 Å². The SMILES string of the molecule is COc1cccc(C2NCC(=O)N2C(C2CC2)C2CC2)c1. The summed E-state index contributed by atoms with van der Waals surface area (Å²) in [5.41, 5.74) is 1.13. The molecule has 2 aliphatic carbocycles. The van der Waals surface area contributed by atoms with E-state index in [0.717, 1.165) is 23.1 Å². The van der Waals surface area contributed by atoms with E-state index in [1.54, 1.807) is 7.11 Å². The van der Waals surface area contributed by atoms with Crippen LogP contribution in [0, 0.1) is 11.8 Å². The lowest BCUT2D eigenvalue weighted by atomic mass is 10.0. The second-order valence-corrected chi connectivity index (χ2v) is 6.53. The van der Waals surface area contributed by atoms with Crippen molar-refractivity contribution in [1.82, 2.24) is 10.2 Å². The van der Waals surface area contributed by atoms with Crippen LogP contribution in [0.5, 0.6) is 5.75 Å². The topological polar surface area (TPSA) is 41.6 Å². The molecular weight excluding hydrogens is 264 g/mol. The Kier molecular flexibility index (Phi) is 3.14. The van der Waals surface area contributed by atoms with Crippen molar-refractivity contribution in [2.24, 2.45) is 11.8 Å². The molecule has 1 aromatic carbocycles.